The number of aryl methyl sites for hydroxylation is 1. The van der Waals surface area contributed by atoms with Gasteiger partial charge in [0.05, 0.1) is 24.2 Å². The van der Waals surface area contributed by atoms with Crippen molar-refractivity contribution in [1.82, 2.24) is 19.7 Å². The minimum Gasteiger partial charge on any atom is -0.496 e. The van der Waals surface area contributed by atoms with Crippen LogP contribution in [0.15, 0.2) is 42.7 Å². The first-order valence-electron chi connectivity index (χ1n) is 8.15. The van der Waals surface area contributed by atoms with Crippen LogP contribution >= 0.6 is 0 Å². The number of allylic oxidation sites excluding steroid dienone is 1. The molecule has 126 valence electrons. The third-order valence-corrected chi connectivity index (χ3v) is 4.33. The van der Waals surface area contributed by atoms with Gasteiger partial charge in [-0.3, -0.25) is 0 Å². The van der Waals surface area contributed by atoms with E-state index in [4.69, 9.17) is 14.7 Å². The molecule has 1 N–H and O–H groups in total. The monoisotopic (exact) mass is 333 g/mol. The van der Waals surface area contributed by atoms with Crippen molar-refractivity contribution in [3.63, 3.8) is 0 Å². The summed E-state index contributed by atoms with van der Waals surface area (Å²) < 4.78 is 7.43. The highest BCUT2D eigenvalue weighted by Gasteiger charge is 2.18. The first kappa shape index (κ1) is 15.4. The summed E-state index contributed by atoms with van der Waals surface area (Å²) in [5.74, 6) is 1.59. The predicted molar refractivity (Wildman–Crippen MR) is 98.0 cm³/mol. The molecule has 0 fully saturated rings. The summed E-state index contributed by atoms with van der Waals surface area (Å²) >= 11 is 0. The maximum atomic E-state index is 5.63. The van der Waals surface area contributed by atoms with Gasteiger partial charge >= 0.3 is 0 Å². The van der Waals surface area contributed by atoms with E-state index in [-0.39, 0.29) is 0 Å². The molecule has 6 heteroatoms. The number of nitrogens with one attached hydrogen (secondary N) is 1. The van der Waals surface area contributed by atoms with Crippen molar-refractivity contribution in [3.8, 4) is 22.7 Å². The topological polar surface area (TPSA) is 64.9 Å². The molecule has 0 bridgehead atoms. The molecule has 0 radical (unpaired) electrons. The number of ether oxygens (including phenoxy) is 1. The zero-order valence-corrected chi connectivity index (χ0v) is 14.4. The normalized spacial score (nSPS) is 13.0. The molecule has 0 spiro atoms. The minimum atomic E-state index is 0.746. The fraction of sp³-hybridized carbons (Fsp3) is 0.211. The molecular formula is C19H19N5O. The number of nitrogens with zero attached hydrogens (tertiary/aromatic N) is 4. The van der Waals surface area contributed by atoms with Gasteiger partial charge in [0.1, 0.15) is 11.4 Å². The van der Waals surface area contributed by atoms with E-state index in [9.17, 15) is 0 Å². The van der Waals surface area contributed by atoms with Crippen LogP contribution in [0.1, 0.15) is 18.3 Å². The zero-order chi connectivity index (χ0) is 17.4. The van der Waals surface area contributed by atoms with Gasteiger partial charge in [-0.2, -0.15) is 5.10 Å². The molecule has 6 nitrogen and oxygen atoms in total. The van der Waals surface area contributed by atoms with Crippen LogP contribution in [-0.4, -0.2) is 33.4 Å². The Labute approximate surface area is 146 Å². The Balaban J connectivity index is 1.85. The summed E-state index contributed by atoms with van der Waals surface area (Å²) in [4.78, 5) is 9.57. The lowest BCUT2D eigenvalue weighted by Crippen LogP contribution is -2.12. The number of hydrogen-bond acceptors (Lipinski definition) is 5. The Hall–Kier alpha value is -3.15. The molecule has 0 amide bonds. The van der Waals surface area contributed by atoms with Crippen LogP contribution in [0.2, 0.25) is 0 Å². The number of fused-ring (bicyclic) bond motifs is 1. The summed E-state index contributed by atoms with van der Waals surface area (Å²) in [6, 6.07) is 7.87. The van der Waals surface area contributed by atoms with Gasteiger partial charge in [0.2, 0.25) is 0 Å². The Morgan fingerprint density at radius 2 is 2.04 bits per heavy atom. The highest BCUT2D eigenvalue weighted by molar-refractivity contribution is 5.78. The molecule has 0 aliphatic carbocycles. The van der Waals surface area contributed by atoms with Crippen LogP contribution < -0.4 is 10.1 Å². The number of rotatable bonds is 3. The second kappa shape index (κ2) is 6.05. The SMILES string of the molecule is COc1cc(-n2cccn2)ccc1-c1nc2c(nc1C)NCC=C2C. The Morgan fingerprint density at radius 3 is 2.80 bits per heavy atom. The lowest BCUT2D eigenvalue weighted by Gasteiger charge is -2.19. The van der Waals surface area contributed by atoms with Crippen LogP contribution in [0, 0.1) is 6.92 Å². The highest BCUT2D eigenvalue weighted by Crippen LogP contribution is 2.35. The average Bonchev–Trinajstić information content (AvgIpc) is 3.16. The van der Waals surface area contributed by atoms with Crippen molar-refractivity contribution in [2.75, 3.05) is 19.0 Å². The zero-order valence-electron chi connectivity index (χ0n) is 14.4. The maximum absolute atomic E-state index is 5.63. The molecular weight excluding hydrogens is 314 g/mol. The van der Waals surface area contributed by atoms with E-state index in [1.807, 2.05) is 37.4 Å². The summed E-state index contributed by atoms with van der Waals surface area (Å²) in [5, 5.41) is 7.54. The van der Waals surface area contributed by atoms with Crippen molar-refractivity contribution in [2.24, 2.45) is 0 Å². The molecule has 3 heterocycles. The quantitative estimate of drug-likeness (QED) is 0.795. The third kappa shape index (κ3) is 2.65. The van der Waals surface area contributed by atoms with Crippen LogP contribution in [0.25, 0.3) is 22.5 Å². The van der Waals surface area contributed by atoms with Gasteiger partial charge in [-0.1, -0.05) is 6.08 Å². The van der Waals surface area contributed by atoms with Gasteiger partial charge in [0, 0.05) is 30.6 Å². The van der Waals surface area contributed by atoms with Crippen molar-refractivity contribution in [2.45, 2.75) is 13.8 Å². The number of anilines is 1. The smallest absolute Gasteiger partial charge is 0.152 e. The molecule has 0 unspecified atom stereocenters. The first-order chi connectivity index (χ1) is 12.2. The lowest BCUT2D eigenvalue weighted by atomic mass is 10.1. The maximum Gasteiger partial charge on any atom is 0.152 e. The first-order valence-corrected chi connectivity index (χ1v) is 8.15. The van der Waals surface area contributed by atoms with Gasteiger partial charge < -0.3 is 10.1 Å². The highest BCUT2D eigenvalue weighted by atomic mass is 16.5. The molecule has 0 saturated carbocycles. The summed E-state index contributed by atoms with van der Waals surface area (Å²) in [7, 11) is 1.67. The number of benzene rings is 1. The second-order valence-corrected chi connectivity index (χ2v) is 5.96. The molecule has 25 heavy (non-hydrogen) atoms. The summed E-state index contributed by atoms with van der Waals surface area (Å²) in [5.41, 5.74) is 5.58. The van der Waals surface area contributed by atoms with E-state index in [0.717, 1.165) is 52.0 Å². The fourth-order valence-corrected chi connectivity index (χ4v) is 3.01. The molecule has 1 aliphatic heterocycles. The van der Waals surface area contributed by atoms with E-state index in [0.29, 0.717) is 0 Å². The van der Waals surface area contributed by atoms with Gasteiger partial charge in [-0.05, 0) is 37.6 Å². The van der Waals surface area contributed by atoms with Crippen molar-refractivity contribution >= 4 is 11.4 Å². The van der Waals surface area contributed by atoms with Crippen molar-refractivity contribution in [3.05, 3.63) is 54.1 Å². The number of aromatic nitrogens is 4. The molecule has 1 aliphatic rings. The lowest BCUT2D eigenvalue weighted by molar-refractivity contribution is 0.416. The molecule has 3 aromatic rings. The van der Waals surface area contributed by atoms with E-state index in [1.165, 1.54) is 0 Å². The number of hydrogen-bond donors (Lipinski definition) is 1. The summed E-state index contributed by atoms with van der Waals surface area (Å²) in [6.07, 6.45) is 5.77. The van der Waals surface area contributed by atoms with Crippen LogP contribution in [0.4, 0.5) is 5.82 Å². The largest absolute Gasteiger partial charge is 0.496 e. The summed E-state index contributed by atoms with van der Waals surface area (Å²) in [6.45, 7) is 4.82. The van der Waals surface area contributed by atoms with Crippen molar-refractivity contribution in [1.29, 1.82) is 0 Å². The fourth-order valence-electron chi connectivity index (χ4n) is 3.01. The Bertz CT molecular complexity index is 960. The molecule has 4 rings (SSSR count). The standard InChI is InChI=1S/C19H19N5O/c1-12-7-9-20-19-17(12)23-18(13(2)22-19)15-6-5-14(11-16(15)25-3)24-10-4-8-21-24/h4-8,10-11H,9H2,1-3H3,(H,20,22). The van der Waals surface area contributed by atoms with Gasteiger partial charge in [-0.15, -0.1) is 0 Å². The molecule has 0 atom stereocenters. The Kier molecular flexibility index (Phi) is 3.72. The predicted octanol–water partition coefficient (Wildman–Crippen LogP) is 3.48. The molecule has 1 aromatic carbocycles. The van der Waals surface area contributed by atoms with E-state index < -0.39 is 0 Å². The van der Waals surface area contributed by atoms with Crippen LogP contribution in [-0.2, 0) is 0 Å². The van der Waals surface area contributed by atoms with Gasteiger partial charge in [-0.25, -0.2) is 14.6 Å². The second-order valence-electron chi connectivity index (χ2n) is 5.96. The minimum absolute atomic E-state index is 0.746. The third-order valence-electron chi connectivity index (χ3n) is 4.33. The van der Waals surface area contributed by atoms with E-state index in [1.54, 1.807) is 18.0 Å². The van der Waals surface area contributed by atoms with Crippen LogP contribution in [0.5, 0.6) is 5.75 Å². The van der Waals surface area contributed by atoms with E-state index in [2.05, 4.69) is 23.4 Å². The van der Waals surface area contributed by atoms with Gasteiger partial charge in [0.25, 0.3) is 0 Å². The molecule has 2 aromatic heterocycles. The van der Waals surface area contributed by atoms with E-state index >= 15 is 0 Å². The van der Waals surface area contributed by atoms with Gasteiger partial charge in [0.15, 0.2) is 5.82 Å². The van der Waals surface area contributed by atoms with Crippen molar-refractivity contribution < 1.29 is 4.74 Å². The number of methoxy groups -OCH3 is 1. The van der Waals surface area contributed by atoms with Crippen LogP contribution in [0.3, 0.4) is 0 Å². The average molecular weight is 333 g/mol. The molecule has 0 saturated heterocycles. The Morgan fingerprint density at radius 1 is 1.16 bits per heavy atom.